The van der Waals surface area contributed by atoms with E-state index in [1.54, 1.807) is 41.0 Å². The molecule has 0 spiro atoms. The third-order valence-electron chi connectivity index (χ3n) is 5.07. The maximum Gasteiger partial charge on any atom is 0.393 e. The van der Waals surface area contributed by atoms with Gasteiger partial charge < -0.3 is 20.7 Å². The van der Waals surface area contributed by atoms with Gasteiger partial charge in [0.1, 0.15) is 23.6 Å². The number of guanidine groups is 2. The second-order valence-corrected chi connectivity index (χ2v) is 8.09. The number of piperidine rings is 1. The predicted molar refractivity (Wildman–Crippen MR) is 121 cm³/mol. The van der Waals surface area contributed by atoms with Gasteiger partial charge in [-0.3, -0.25) is 0 Å². The molecule has 1 fully saturated rings. The van der Waals surface area contributed by atoms with Crippen LogP contribution in [-0.2, 0) is 0 Å². The topological polar surface area (TPSA) is 106 Å². The lowest BCUT2D eigenvalue weighted by molar-refractivity contribution is -0.183. The minimum Gasteiger partial charge on any atom is -0.494 e. The molecule has 3 N–H and O–H groups in total. The highest BCUT2D eigenvalue weighted by atomic mass is 19.4. The Labute approximate surface area is 190 Å². The number of anilines is 1. The van der Waals surface area contributed by atoms with Crippen LogP contribution in [-0.4, -0.2) is 64.0 Å². The Morgan fingerprint density at radius 2 is 2.09 bits per heavy atom. The number of nitrogens with two attached hydrogens (primary N) is 1. The van der Waals surface area contributed by atoms with Crippen LogP contribution in [0, 0.1) is 12.8 Å². The zero-order valence-corrected chi connectivity index (χ0v) is 19.1. The Kier molecular flexibility index (Phi) is 7.44. The monoisotopic (exact) mass is 466 g/mol. The molecule has 0 saturated carbocycles. The molecule has 33 heavy (non-hydrogen) atoms. The van der Waals surface area contributed by atoms with Crippen LogP contribution in [0.3, 0.4) is 0 Å². The quantitative estimate of drug-likeness (QED) is 0.529. The summed E-state index contributed by atoms with van der Waals surface area (Å²) in [4.78, 5) is 14.4. The summed E-state index contributed by atoms with van der Waals surface area (Å²) in [6, 6.07) is 5.10. The van der Waals surface area contributed by atoms with E-state index in [-0.39, 0.29) is 30.9 Å². The number of aromatic nitrogens is 3. The lowest BCUT2D eigenvalue weighted by atomic mass is 9.98. The van der Waals surface area contributed by atoms with Crippen molar-refractivity contribution in [3.8, 4) is 11.4 Å². The molecule has 1 aromatic carbocycles. The smallest absolute Gasteiger partial charge is 0.393 e. The van der Waals surface area contributed by atoms with Gasteiger partial charge in [0.15, 0.2) is 0 Å². The summed E-state index contributed by atoms with van der Waals surface area (Å²) in [6.45, 7) is 5.70. The van der Waals surface area contributed by atoms with Gasteiger partial charge in [0.2, 0.25) is 11.9 Å². The zero-order chi connectivity index (χ0) is 24.2. The number of alkyl halides is 3. The molecular weight excluding hydrogens is 437 g/mol. The molecule has 1 aliphatic heterocycles. The molecular formula is C21H29F3N8O. The predicted octanol–water partition coefficient (Wildman–Crippen LogP) is 3.35. The van der Waals surface area contributed by atoms with Crippen LogP contribution in [0.2, 0.25) is 0 Å². The van der Waals surface area contributed by atoms with Gasteiger partial charge in [0, 0.05) is 30.9 Å². The van der Waals surface area contributed by atoms with Crippen LogP contribution in [0.15, 0.2) is 34.5 Å². The highest BCUT2D eigenvalue weighted by molar-refractivity contribution is 6.01. The molecule has 1 aliphatic rings. The van der Waals surface area contributed by atoms with Crippen LogP contribution in [0.25, 0.3) is 5.69 Å². The third kappa shape index (κ3) is 6.36. The number of halogens is 3. The van der Waals surface area contributed by atoms with E-state index in [0.29, 0.717) is 35.9 Å². The molecule has 0 radical (unpaired) electrons. The fourth-order valence-corrected chi connectivity index (χ4v) is 3.53. The minimum absolute atomic E-state index is 0.00920. The Hall–Kier alpha value is -3.31. The molecule has 1 atom stereocenters. The van der Waals surface area contributed by atoms with E-state index in [4.69, 9.17) is 10.5 Å². The summed E-state index contributed by atoms with van der Waals surface area (Å²) >= 11 is 0. The summed E-state index contributed by atoms with van der Waals surface area (Å²) in [5.41, 5.74) is 7.37. The number of rotatable bonds is 4. The number of benzene rings is 1. The van der Waals surface area contributed by atoms with E-state index in [9.17, 15) is 13.2 Å². The molecule has 3 rings (SSSR count). The lowest BCUT2D eigenvalue weighted by Crippen LogP contribution is -2.45. The van der Waals surface area contributed by atoms with E-state index < -0.39 is 12.1 Å². The van der Waals surface area contributed by atoms with Crippen molar-refractivity contribution in [2.24, 2.45) is 21.6 Å². The second kappa shape index (κ2) is 10.1. The highest BCUT2D eigenvalue weighted by Crippen LogP contribution is 2.33. The van der Waals surface area contributed by atoms with Crippen molar-refractivity contribution in [3.05, 3.63) is 30.4 Å². The number of methoxy groups -OCH3 is 1. The van der Waals surface area contributed by atoms with Gasteiger partial charge in [-0.1, -0.05) is 0 Å². The van der Waals surface area contributed by atoms with E-state index in [0.717, 1.165) is 0 Å². The van der Waals surface area contributed by atoms with Crippen molar-refractivity contribution in [2.45, 2.75) is 45.8 Å². The number of hydrogen-bond donors (Lipinski definition) is 2. The first-order chi connectivity index (χ1) is 15.6. The van der Waals surface area contributed by atoms with Crippen molar-refractivity contribution < 1.29 is 17.9 Å². The van der Waals surface area contributed by atoms with Crippen LogP contribution < -0.4 is 15.8 Å². The summed E-state index contributed by atoms with van der Waals surface area (Å²) in [5, 5.41) is 7.24. The third-order valence-corrected chi connectivity index (χ3v) is 5.07. The summed E-state index contributed by atoms with van der Waals surface area (Å²) < 4.78 is 46.8. The first kappa shape index (κ1) is 24.3. The van der Waals surface area contributed by atoms with Gasteiger partial charge in [-0.05, 0) is 45.7 Å². The summed E-state index contributed by atoms with van der Waals surface area (Å²) in [6.07, 6.45) is -2.16. The molecule has 2 heterocycles. The minimum atomic E-state index is -4.25. The molecule has 0 aliphatic carbocycles. The van der Waals surface area contributed by atoms with E-state index in [2.05, 4.69) is 25.4 Å². The lowest BCUT2D eigenvalue weighted by Gasteiger charge is -2.34. The first-order valence-electron chi connectivity index (χ1n) is 10.6. The van der Waals surface area contributed by atoms with Crippen molar-refractivity contribution in [3.63, 3.8) is 0 Å². The van der Waals surface area contributed by atoms with Crippen molar-refractivity contribution >= 4 is 17.6 Å². The number of nitrogens with one attached hydrogen (secondary N) is 1. The molecule has 1 aromatic heterocycles. The van der Waals surface area contributed by atoms with E-state index in [1.165, 1.54) is 7.11 Å². The van der Waals surface area contributed by atoms with Crippen LogP contribution in [0.5, 0.6) is 5.75 Å². The molecule has 0 amide bonds. The SMILES string of the molecule is COc1cc(NC(N)=NC(=NC(C)C)N2CCCC(C(F)(F)F)C2)ccc1-n1cnc(C)n1. The number of hydrogen-bond acceptors (Lipinski definition) is 4. The maximum absolute atomic E-state index is 13.3. The average molecular weight is 467 g/mol. The number of aliphatic imine (C=N–C) groups is 2. The molecule has 0 bridgehead atoms. The van der Waals surface area contributed by atoms with E-state index in [1.807, 2.05) is 13.8 Å². The van der Waals surface area contributed by atoms with Crippen molar-refractivity contribution in [2.75, 3.05) is 25.5 Å². The standard InChI is InChI=1S/C21H29F3N8O/c1-13(2)27-20(31-9-5-6-15(11-31)21(22,23)24)29-19(25)28-16-7-8-17(18(10-16)33-4)32-12-26-14(3)30-32/h7-8,10,12-13,15H,5-6,9,11H2,1-4H3,(H3,25,27,28,29). The van der Waals surface area contributed by atoms with Gasteiger partial charge in [-0.2, -0.15) is 23.3 Å². The van der Waals surface area contributed by atoms with Gasteiger partial charge >= 0.3 is 6.18 Å². The average Bonchev–Trinajstić information content (AvgIpc) is 3.18. The number of likely N-dealkylation sites (tertiary alicyclic amines) is 1. The number of nitrogens with zero attached hydrogens (tertiary/aromatic N) is 6. The van der Waals surface area contributed by atoms with Crippen LogP contribution in [0.1, 0.15) is 32.5 Å². The molecule has 1 saturated heterocycles. The van der Waals surface area contributed by atoms with Gasteiger partial charge in [0.25, 0.3) is 0 Å². The molecule has 12 heteroatoms. The van der Waals surface area contributed by atoms with Crippen LogP contribution >= 0.6 is 0 Å². The first-order valence-corrected chi connectivity index (χ1v) is 10.6. The molecule has 9 nitrogen and oxygen atoms in total. The number of ether oxygens (including phenoxy) is 1. The molecule has 2 aromatic rings. The van der Waals surface area contributed by atoms with Gasteiger partial charge in [-0.25, -0.2) is 14.7 Å². The maximum atomic E-state index is 13.3. The fraction of sp³-hybridized carbons (Fsp3) is 0.524. The van der Waals surface area contributed by atoms with Crippen molar-refractivity contribution in [1.29, 1.82) is 0 Å². The molecule has 180 valence electrons. The summed E-state index contributed by atoms with van der Waals surface area (Å²) in [7, 11) is 1.53. The number of aryl methyl sites for hydroxylation is 1. The summed E-state index contributed by atoms with van der Waals surface area (Å²) in [5.74, 6) is -0.0679. The second-order valence-electron chi connectivity index (χ2n) is 8.09. The van der Waals surface area contributed by atoms with Crippen molar-refractivity contribution in [1.82, 2.24) is 19.7 Å². The van der Waals surface area contributed by atoms with Crippen LogP contribution in [0.4, 0.5) is 18.9 Å². The fourth-order valence-electron chi connectivity index (χ4n) is 3.53. The largest absolute Gasteiger partial charge is 0.494 e. The Balaban J connectivity index is 1.81. The zero-order valence-electron chi connectivity index (χ0n) is 19.1. The Morgan fingerprint density at radius 3 is 2.70 bits per heavy atom. The highest BCUT2D eigenvalue weighted by Gasteiger charge is 2.42. The van der Waals surface area contributed by atoms with Gasteiger partial charge in [-0.15, -0.1) is 0 Å². The molecule has 1 unspecified atom stereocenters. The Bertz CT molecular complexity index is 1020. The van der Waals surface area contributed by atoms with Gasteiger partial charge in [0.05, 0.1) is 13.0 Å². The normalized spacial score (nSPS) is 18.1. The van der Waals surface area contributed by atoms with E-state index >= 15 is 0 Å². The Morgan fingerprint density at radius 1 is 1.33 bits per heavy atom.